The van der Waals surface area contributed by atoms with Crippen molar-refractivity contribution in [2.45, 2.75) is 343 Å². The maximum atomic E-state index is 15.4. The quantitative estimate of drug-likeness (QED) is 0.00822. The molecule has 18 atom stereocenters. The number of amidine groups is 1. The van der Waals surface area contributed by atoms with Crippen molar-refractivity contribution in [3.8, 4) is 0 Å². The zero-order valence-electron chi connectivity index (χ0n) is 83.9. The van der Waals surface area contributed by atoms with E-state index in [1.807, 2.05) is 83.1 Å². The van der Waals surface area contributed by atoms with E-state index in [0.29, 0.717) is 12.2 Å². The van der Waals surface area contributed by atoms with Crippen LogP contribution < -0.4 is 53.0 Å². The number of aliphatic hydroxyl groups excluding tert-OH is 5. The number of hydrogen-bond donors (Lipinski definition) is 14. The second-order valence-corrected chi connectivity index (χ2v) is 42.8. The van der Waals surface area contributed by atoms with Gasteiger partial charge in [0.15, 0.2) is 36.3 Å². The van der Waals surface area contributed by atoms with Crippen molar-refractivity contribution < 1.29 is 133 Å². The number of nitrogens with zero attached hydrogens (tertiary/aromatic N) is 8. The first-order chi connectivity index (χ1) is 65.5. The molecule has 798 valence electrons. The van der Waals surface area contributed by atoms with Crippen LogP contribution in [0.1, 0.15) is 244 Å². The highest BCUT2D eigenvalue weighted by atomic mass is 31.2. The molecule has 0 radical (unpaired) electrons. The van der Waals surface area contributed by atoms with Crippen LogP contribution in [0.4, 0.5) is 16.0 Å². The number of alkyl halides is 1. The molecule has 45 nitrogen and oxygen atoms in total. The monoisotopic (exact) mass is 2050 g/mol. The van der Waals surface area contributed by atoms with E-state index in [1.54, 1.807) is 6.92 Å². The Bertz CT molecular complexity index is 4580. The summed E-state index contributed by atoms with van der Waals surface area (Å²) in [7, 11) is -5.64. The minimum atomic E-state index is -4.32. The standard InChI is InChI=1S/C41H72N5O11P.C25H41FN7O8P.C24H42N5O9P.CH4/c1-8-9-10-11-12-13-14-15-16-17-18-19-20-21-22-23-35(47)42-34-24-25-46(41(52)43-34)38-37(49)36(48)33(57-38)28-56-58(53,44-31(26-29(2)3)39(50)54-6)45-32(27-30(4)5)40(51)55-7;1-12(2)8-15(24(35)38-6)31-42(37,32-16(9-13(3)4)25(36)39-7)40-10-17-20(34)18(26)23(41-17)33-11-28-19-21(27)29-14(5)30-22(19)33;1-13(2)10-16(23(32)35-6)27-39(34,28-17(11-14(3)4)24(33)36-7)37-12-18-20(30)21(31)22(38-18)29-9-8-19(25)26-15(29)5;/h15-16,24-25,29-33,36-38,48-49H,8-14,17-23,26-28H2,1-7H3,(H2,44,45,53)(H,42,43,47,52);11-13,15-18,20,23,34H,8-10H2,1-7H3,(H2,27,29,30)(H2,31,32,37);8-9,13-14,16-18,20-22,30-31H,5,10-12H2,1-4,6-7H3,(H2,25,26)(H2,27,28,34);1H4/b16-15+;;;/t31-,32-,33+,36?,37+,38+;15-,16-,17+,18+,20?,23+;16-,17-,18+,20?,21+,22+;/m000./s1. The number of nitrogens with one attached hydrogen (secondary N) is 7. The average Bonchev–Trinajstić information content (AvgIpc) is 1.61. The molecule has 0 saturated carbocycles. The number of aliphatic imine (C=N–C) groups is 1. The van der Waals surface area contributed by atoms with Crippen LogP contribution in [0.3, 0.4) is 0 Å². The van der Waals surface area contributed by atoms with Crippen LogP contribution >= 0.6 is 23.0 Å². The number of esters is 6. The third-order valence-electron chi connectivity index (χ3n) is 22.4. The summed E-state index contributed by atoms with van der Waals surface area (Å²) in [6.45, 7) is 28.3. The minimum Gasteiger partial charge on any atom is -0.468 e. The lowest BCUT2D eigenvalue weighted by molar-refractivity contribution is -0.144. The number of amides is 1. The van der Waals surface area contributed by atoms with Crippen molar-refractivity contribution in [2.75, 3.05) is 73.5 Å². The van der Waals surface area contributed by atoms with Crippen molar-refractivity contribution >= 4 is 93.4 Å². The zero-order chi connectivity index (χ0) is 104. The van der Waals surface area contributed by atoms with Gasteiger partial charge in [-0.1, -0.05) is 168 Å². The number of halogens is 1. The fourth-order valence-electron chi connectivity index (χ4n) is 15.4. The number of rotatable bonds is 58. The summed E-state index contributed by atoms with van der Waals surface area (Å²) in [5.41, 5.74) is 11.2. The molecule has 4 aliphatic heterocycles. The third kappa shape index (κ3) is 40.2. The van der Waals surface area contributed by atoms with Gasteiger partial charge in [0.05, 0.1) is 68.8 Å². The minimum absolute atomic E-state index is 0. The van der Waals surface area contributed by atoms with Crippen molar-refractivity contribution in [3.63, 3.8) is 0 Å². The zero-order valence-corrected chi connectivity index (χ0v) is 86.6. The third-order valence-corrected chi connectivity index (χ3v) is 27.9. The predicted octanol–water partition coefficient (Wildman–Crippen LogP) is 9.32. The number of carbonyl (C=O) groups excluding carboxylic acids is 7. The lowest BCUT2D eigenvalue weighted by Gasteiger charge is -2.31. The molecule has 3 saturated heterocycles. The summed E-state index contributed by atoms with van der Waals surface area (Å²) in [6.07, 6.45) is 9.48. The van der Waals surface area contributed by atoms with Gasteiger partial charge in [-0.2, -0.15) is 4.98 Å². The van der Waals surface area contributed by atoms with Crippen molar-refractivity contribution in [3.05, 3.63) is 71.7 Å². The van der Waals surface area contributed by atoms with E-state index in [4.69, 9.17) is 67.7 Å². The molecule has 7 heterocycles. The number of unbranched alkanes of at least 4 members (excludes halogenated alkanes) is 11. The number of aromatic nitrogens is 6. The van der Waals surface area contributed by atoms with E-state index in [-0.39, 0.29) is 128 Å². The number of imidazole rings is 1. The van der Waals surface area contributed by atoms with Gasteiger partial charge in [0.1, 0.15) is 114 Å². The van der Waals surface area contributed by atoms with Gasteiger partial charge in [0.25, 0.3) is 0 Å². The molecule has 3 aromatic rings. The number of allylic oxidation sites excluding steroid dienone is 2. The molecular formula is C91H159FN17O28P3. The molecule has 0 aromatic carbocycles. The summed E-state index contributed by atoms with van der Waals surface area (Å²) in [5, 5.41) is 72.6. The molecule has 0 spiro atoms. The van der Waals surface area contributed by atoms with Crippen LogP contribution in [-0.2, 0) is 103 Å². The lowest BCUT2D eigenvalue weighted by Crippen LogP contribution is -2.46. The van der Waals surface area contributed by atoms with Crippen molar-refractivity contribution in [1.82, 2.24) is 64.5 Å². The average molecular weight is 2050 g/mol. The fraction of sp³-hybridized carbons (Fsp3) is 0.747. The second-order valence-electron chi connectivity index (χ2n) is 37.2. The van der Waals surface area contributed by atoms with E-state index < -0.39 is 194 Å². The molecular weight excluding hydrogens is 1890 g/mol. The SMILES string of the molecule is C.C=C1N=C(N)C=CN1[C@@H]1O[C@H](COP(=O)(N[C@@H](CC(C)C)C(=O)OC)N[C@@H](CC(C)C)C(=O)OC)C(O)[C@H]1O.CCCCCCCC/C=C/CCCCCCCC(=O)Nc1ccn([C@@H]2O[C@H](COP(=O)(N[C@@H](CC(C)C)C(=O)OC)N[C@@H](CC(C)C)C(=O)OC)C(O)[C@H]2O)c(=O)n1.COC(=O)[C@H](CC(C)C)NP(=O)(N[C@@H](CC(C)C)C(=O)OC)OC[C@H]1O[C@@H](n2cnc3c(N)nc(C)nc32)[C@H](F)C1O. The van der Waals surface area contributed by atoms with Crippen LogP contribution in [0.15, 0.2) is 65.2 Å². The number of aryl methyl sites for hydroxylation is 1. The molecule has 7 rings (SSSR count). The molecule has 0 aliphatic carbocycles. The Labute approximate surface area is 821 Å². The Morgan fingerprint density at radius 2 is 0.850 bits per heavy atom. The number of nitrogen functional groups attached to an aromatic ring is 1. The molecule has 1 amide bonds. The van der Waals surface area contributed by atoms with Gasteiger partial charge in [-0.3, -0.25) is 56.4 Å². The fourth-order valence-corrected chi connectivity index (χ4v) is 20.9. The van der Waals surface area contributed by atoms with Crippen LogP contribution in [0.5, 0.6) is 0 Å². The molecule has 3 unspecified atom stereocenters. The van der Waals surface area contributed by atoms with Crippen LogP contribution in [0.25, 0.3) is 11.2 Å². The molecule has 16 N–H and O–H groups in total. The number of hydrogen-bond acceptors (Lipinski definition) is 36. The van der Waals surface area contributed by atoms with Gasteiger partial charge < -0.3 is 103 Å². The number of methoxy groups -OCH3 is 6. The Morgan fingerprint density at radius 3 is 1.21 bits per heavy atom. The summed E-state index contributed by atoms with van der Waals surface area (Å²) >= 11 is 0. The number of ether oxygens (including phenoxy) is 9. The highest BCUT2D eigenvalue weighted by Gasteiger charge is 2.51. The van der Waals surface area contributed by atoms with E-state index in [0.717, 1.165) is 43.1 Å². The number of fused-ring (bicyclic) bond motifs is 1. The van der Waals surface area contributed by atoms with Crippen molar-refractivity contribution in [1.29, 1.82) is 0 Å². The maximum Gasteiger partial charge on any atom is 0.351 e. The first-order valence-electron chi connectivity index (χ1n) is 47.4. The highest BCUT2D eigenvalue weighted by molar-refractivity contribution is 7.55. The molecule has 3 fully saturated rings. The maximum absolute atomic E-state index is 15.4. The van der Waals surface area contributed by atoms with Crippen molar-refractivity contribution in [2.24, 2.45) is 46.2 Å². The second kappa shape index (κ2) is 61.3. The first-order valence-corrected chi connectivity index (χ1v) is 52.3. The summed E-state index contributed by atoms with van der Waals surface area (Å²) in [5.74, 6) is -3.62. The van der Waals surface area contributed by atoms with E-state index >= 15 is 4.39 Å². The number of aliphatic hydroxyl groups is 5. The Morgan fingerprint density at radius 1 is 0.500 bits per heavy atom. The smallest absolute Gasteiger partial charge is 0.351 e. The summed E-state index contributed by atoms with van der Waals surface area (Å²) in [4.78, 5) is 123. The number of nitrogens with two attached hydrogens (primary N) is 2. The first kappa shape index (κ1) is 124. The van der Waals surface area contributed by atoms with Gasteiger partial charge in [-0.15, -0.1) is 0 Å². The van der Waals surface area contributed by atoms with Crippen LogP contribution in [0, 0.1) is 42.4 Å². The summed E-state index contributed by atoms with van der Waals surface area (Å²) in [6, 6.07) is -5.04. The largest absolute Gasteiger partial charge is 0.468 e. The lowest BCUT2D eigenvalue weighted by atomic mass is 10.1. The van der Waals surface area contributed by atoms with Gasteiger partial charge in [0, 0.05) is 18.8 Å². The molecule has 49 heteroatoms. The van der Waals surface area contributed by atoms with E-state index in [9.17, 15) is 77.6 Å². The molecule has 0 bridgehead atoms. The normalized spacial score (nSPS) is 21.8. The number of carbonyl (C=O) groups is 7. The highest BCUT2D eigenvalue weighted by Crippen LogP contribution is 2.47. The Balaban J connectivity index is 0.000000447. The van der Waals surface area contributed by atoms with Gasteiger partial charge in [0.2, 0.25) is 5.91 Å². The van der Waals surface area contributed by atoms with Gasteiger partial charge in [-0.05, 0) is 125 Å². The molecule has 4 aliphatic rings. The van der Waals surface area contributed by atoms with E-state index in [1.165, 1.54) is 122 Å². The number of anilines is 2. The van der Waals surface area contributed by atoms with Crippen LogP contribution in [-0.4, -0.2) is 267 Å². The van der Waals surface area contributed by atoms with Gasteiger partial charge in [-0.25, -0.2) is 59.7 Å². The van der Waals surface area contributed by atoms with E-state index in [2.05, 4.69) is 86.4 Å². The van der Waals surface area contributed by atoms with Crippen LogP contribution in [0.2, 0.25) is 0 Å². The topological polar surface area (TPSA) is 613 Å². The Hall–Kier alpha value is -8.05. The van der Waals surface area contributed by atoms with Gasteiger partial charge >= 0.3 is 64.5 Å². The molecule has 140 heavy (non-hydrogen) atoms. The Kier molecular flexibility index (Phi) is 54.4. The summed E-state index contributed by atoms with van der Waals surface area (Å²) < 4.78 is 124. The predicted molar refractivity (Wildman–Crippen MR) is 522 cm³/mol. The molecule has 3 aromatic heterocycles.